The van der Waals surface area contributed by atoms with Crippen molar-refractivity contribution in [1.29, 1.82) is 0 Å². The third-order valence-electron chi connectivity index (χ3n) is 2.47. The van der Waals surface area contributed by atoms with Crippen LogP contribution >= 0.6 is 15.9 Å². The molecule has 0 bridgehead atoms. The molecule has 1 aromatic rings. The zero-order chi connectivity index (χ0) is 16.0. The van der Waals surface area contributed by atoms with Gasteiger partial charge >= 0.3 is 5.97 Å². The van der Waals surface area contributed by atoms with E-state index in [1.165, 1.54) is 12.1 Å². The van der Waals surface area contributed by atoms with Crippen LogP contribution in [0.2, 0.25) is 0 Å². The molecule has 6 nitrogen and oxygen atoms in total. The summed E-state index contributed by atoms with van der Waals surface area (Å²) in [7, 11) is -3.75. The monoisotopic (exact) mass is 379 g/mol. The molecule has 0 aliphatic rings. The zero-order valence-electron chi connectivity index (χ0n) is 11.8. The molecule has 0 unspecified atom stereocenters. The van der Waals surface area contributed by atoms with Gasteiger partial charge in [0.1, 0.15) is 0 Å². The number of nitrogens with one attached hydrogen (secondary N) is 1. The van der Waals surface area contributed by atoms with Gasteiger partial charge in [0, 0.05) is 17.6 Å². The van der Waals surface area contributed by atoms with Crippen molar-refractivity contribution < 1.29 is 23.1 Å². The second-order valence-electron chi connectivity index (χ2n) is 4.81. The molecule has 0 heterocycles. The average Bonchev–Trinajstić information content (AvgIpc) is 2.37. The molecule has 1 rings (SSSR count). The number of halogens is 1. The van der Waals surface area contributed by atoms with E-state index in [0.717, 1.165) is 6.07 Å². The van der Waals surface area contributed by atoms with E-state index in [0.29, 0.717) is 17.0 Å². The molecule has 0 radical (unpaired) electrons. The maximum Gasteiger partial charge on any atom is 0.336 e. The molecular weight excluding hydrogens is 362 g/mol. The molecule has 0 amide bonds. The fourth-order valence-corrected chi connectivity index (χ4v) is 2.94. The number of hydrogen-bond acceptors (Lipinski definition) is 4. The van der Waals surface area contributed by atoms with Crippen LogP contribution in [0.1, 0.15) is 24.2 Å². The fourth-order valence-electron chi connectivity index (χ4n) is 1.49. The van der Waals surface area contributed by atoms with Crippen LogP contribution < -0.4 is 4.72 Å². The standard InChI is InChI=1S/C13H18BrNO5S/c1-9(2)8-20-6-5-15-21(18,19)10-3-4-12(14)11(7-10)13(16)17/h3-4,7,9,15H,5-6,8H2,1-2H3,(H,16,17). The van der Waals surface area contributed by atoms with Crippen LogP contribution in [0.4, 0.5) is 0 Å². The van der Waals surface area contributed by atoms with E-state index in [1.807, 2.05) is 13.8 Å². The highest BCUT2D eigenvalue weighted by Gasteiger charge is 2.17. The molecule has 21 heavy (non-hydrogen) atoms. The zero-order valence-corrected chi connectivity index (χ0v) is 14.2. The maximum absolute atomic E-state index is 12.0. The minimum Gasteiger partial charge on any atom is -0.478 e. The van der Waals surface area contributed by atoms with Gasteiger partial charge in [0.25, 0.3) is 0 Å². The van der Waals surface area contributed by atoms with Crippen LogP contribution in [0.3, 0.4) is 0 Å². The van der Waals surface area contributed by atoms with E-state index < -0.39 is 16.0 Å². The van der Waals surface area contributed by atoms with Crippen LogP contribution in [0.15, 0.2) is 27.6 Å². The number of carbonyl (C=O) groups is 1. The molecule has 0 fully saturated rings. The SMILES string of the molecule is CC(C)COCCNS(=O)(=O)c1ccc(Br)c(C(=O)O)c1. The van der Waals surface area contributed by atoms with E-state index in [-0.39, 0.29) is 23.6 Å². The number of benzene rings is 1. The maximum atomic E-state index is 12.0. The summed E-state index contributed by atoms with van der Waals surface area (Å²) in [6.45, 7) is 4.95. The van der Waals surface area contributed by atoms with Crippen molar-refractivity contribution in [1.82, 2.24) is 4.72 Å². The van der Waals surface area contributed by atoms with Crippen molar-refractivity contribution in [3.8, 4) is 0 Å². The Morgan fingerprint density at radius 1 is 1.43 bits per heavy atom. The first-order valence-corrected chi connectivity index (χ1v) is 8.62. The van der Waals surface area contributed by atoms with Crippen molar-refractivity contribution in [2.45, 2.75) is 18.7 Å². The van der Waals surface area contributed by atoms with Crippen LogP contribution in [0.25, 0.3) is 0 Å². The molecular formula is C13H18BrNO5S. The summed E-state index contributed by atoms with van der Waals surface area (Å²) in [5.41, 5.74) is -0.103. The Balaban J connectivity index is 2.70. The molecule has 0 atom stereocenters. The number of sulfonamides is 1. The quantitative estimate of drug-likeness (QED) is 0.674. The molecule has 0 aromatic heterocycles. The van der Waals surface area contributed by atoms with E-state index in [9.17, 15) is 13.2 Å². The molecule has 0 saturated carbocycles. The van der Waals surface area contributed by atoms with E-state index in [4.69, 9.17) is 9.84 Å². The van der Waals surface area contributed by atoms with Gasteiger partial charge in [0.15, 0.2) is 0 Å². The lowest BCUT2D eigenvalue weighted by Crippen LogP contribution is -2.28. The summed E-state index contributed by atoms with van der Waals surface area (Å²) in [5, 5.41) is 8.99. The van der Waals surface area contributed by atoms with E-state index >= 15 is 0 Å². The largest absolute Gasteiger partial charge is 0.478 e. The predicted molar refractivity (Wildman–Crippen MR) is 81.9 cm³/mol. The number of carboxylic acid groups (broad SMARTS) is 1. The Morgan fingerprint density at radius 3 is 2.67 bits per heavy atom. The van der Waals surface area contributed by atoms with Gasteiger partial charge < -0.3 is 9.84 Å². The van der Waals surface area contributed by atoms with Gasteiger partial charge in [-0.2, -0.15) is 0 Å². The summed E-state index contributed by atoms with van der Waals surface area (Å²) in [6.07, 6.45) is 0. The Labute approximate surface area is 132 Å². The van der Waals surface area contributed by atoms with Gasteiger partial charge in [0.2, 0.25) is 10.0 Å². The molecule has 0 saturated heterocycles. The van der Waals surface area contributed by atoms with E-state index in [2.05, 4.69) is 20.7 Å². The summed E-state index contributed by atoms with van der Waals surface area (Å²) in [5.74, 6) is -0.814. The molecule has 2 N–H and O–H groups in total. The smallest absolute Gasteiger partial charge is 0.336 e. The third kappa shape index (κ3) is 5.74. The van der Waals surface area contributed by atoms with Gasteiger partial charge in [-0.1, -0.05) is 13.8 Å². The van der Waals surface area contributed by atoms with Crippen molar-refractivity contribution in [2.75, 3.05) is 19.8 Å². The Kier molecular flexibility index (Phi) is 6.79. The molecule has 0 aliphatic heterocycles. The summed E-state index contributed by atoms with van der Waals surface area (Å²) in [4.78, 5) is 10.9. The first-order chi connectivity index (χ1) is 9.74. The third-order valence-corrected chi connectivity index (χ3v) is 4.62. The number of aromatic carboxylic acids is 1. The van der Waals surface area contributed by atoms with Crippen molar-refractivity contribution >= 4 is 31.9 Å². The Morgan fingerprint density at radius 2 is 2.10 bits per heavy atom. The number of hydrogen-bond donors (Lipinski definition) is 2. The average molecular weight is 380 g/mol. The summed E-state index contributed by atoms with van der Waals surface area (Å²) in [6, 6.07) is 3.85. The summed E-state index contributed by atoms with van der Waals surface area (Å²) < 4.78 is 32.1. The van der Waals surface area contributed by atoms with Gasteiger partial charge in [0.05, 0.1) is 17.1 Å². The first-order valence-electron chi connectivity index (χ1n) is 6.34. The van der Waals surface area contributed by atoms with Crippen molar-refractivity contribution in [3.05, 3.63) is 28.2 Å². The minimum absolute atomic E-state index is 0.0908. The van der Waals surface area contributed by atoms with Gasteiger partial charge in [-0.15, -0.1) is 0 Å². The summed E-state index contributed by atoms with van der Waals surface area (Å²) >= 11 is 3.07. The van der Waals surface area contributed by atoms with Crippen LogP contribution in [0, 0.1) is 5.92 Å². The highest BCUT2D eigenvalue weighted by Crippen LogP contribution is 2.20. The number of ether oxygens (including phenoxy) is 1. The Hall–Kier alpha value is -0.960. The van der Waals surface area contributed by atoms with Crippen LogP contribution in [0.5, 0.6) is 0 Å². The van der Waals surface area contributed by atoms with Gasteiger partial charge in [-0.05, 0) is 40.0 Å². The lowest BCUT2D eigenvalue weighted by Gasteiger charge is -2.09. The normalized spacial score (nSPS) is 11.8. The predicted octanol–water partition coefficient (Wildman–Crippen LogP) is 2.10. The van der Waals surface area contributed by atoms with Crippen molar-refractivity contribution in [2.24, 2.45) is 5.92 Å². The second-order valence-corrected chi connectivity index (χ2v) is 7.43. The number of rotatable bonds is 8. The first kappa shape index (κ1) is 18.1. The van der Waals surface area contributed by atoms with Gasteiger partial charge in [-0.25, -0.2) is 17.9 Å². The lowest BCUT2D eigenvalue weighted by atomic mass is 10.2. The molecule has 118 valence electrons. The highest BCUT2D eigenvalue weighted by atomic mass is 79.9. The molecule has 8 heteroatoms. The Bertz CT molecular complexity index is 601. The van der Waals surface area contributed by atoms with Crippen LogP contribution in [-0.2, 0) is 14.8 Å². The van der Waals surface area contributed by atoms with E-state index in [1.54, 1.807) is 0 Å². The molecule has 0 spiro atoms. The minimum atomic E-state index is -3.75. The van der Waals surface area contributed by atoms with Crippen molar-refractivity contribution in [3.63, 3.8) is 0 Å². The molecule has 0 aliphatic carbocycles. The topological polar surface area (TPSA) is 92.7 Å². The second kappa shape index (κ2) is 7.88. The van der Waals surface area contributed by atoms with Crippen LogP contribution in [-0.4, -0.2) is 39.3 Å². The fraction of sp³-hybridized carbons (Fsp3) is 0.462. The number of carboxylic acids is 1. The molecule has 1 aromatic carbocycles. The lowest BCUT2D eigenvalue weighted by molar-refractivity contribution is 0.0695. The van der Waals surface area contributed by atoms with Gasteiger partial charge in [-0.3, -0.25) is 0 Å². The highest BCUT2D eigenvalue weighted by molar-refractivity contribution is 9.10.